The van der Waals surface area contributed by atoms with Crippen LogP contribution in [0.1, 0.15) is 12.0 Å². The van der Waals surface area contributed by atoms with E-state index in [0.29, 0.717) is 5.69 Å². The monoisotopic (exact) mass is 349 g/mol. The molecule has 0 aromatic heterocycles. The minimum Gasteiger partial charge on any atom is -0.311 e. The van der Waals surface area contributed by atoms with Gasteiger partial charge in [-0.15, -0.1) is 3.89 Å². The Morgan fingerprint density at radius 1 is 1.47 bits per heavy atom. The molecule has 1 saturated heterocycles. The predicted octanol–water partition coefficient (Wildman–Crippen LogP) is 2.41. The summed E-state index contributed by atoms with van der Waals surface area (Å²) in [5, 5.41) is 0. The summed E-state index contributed by atoms with van der Waals surface area (Å²) in [6.45, 7) is 2.13. The Hall–Kier alpha value is -0.950. The number of halogens is 2. The lowest BCUT2D eigenvalue weighted by atomic mass is 10.1. The van der Waals surface area contributed by atoms with Gasteiger partial charge in [-0.1, -0.05) is 6.07 Å². The lowest BCUT2D eigenvalue weighted by Gasteiger charge is -2.18. The summed E-state index contributed by atoms with van der Waals surface area (Å²) < 4.78 is 34.7. The number of carbonyl (C=O) groups is 1. The Balaban J connectivity index is 2.23. The van der Waals surface area contributed by atoms with E-state index in [1.165, 1.54) is 4.90 Å². The van der Waals surface area contributed by atoms with Crippen molar-refractivity contribution in [3.8, 4) is 0 Å². The first-order chi connectivity index (χ1) is 8.76. The van der Waals surface area contributed by atoms with Crippen molar-refractivity contribution < 1.29 is 17.1 Å². The number of amides is 1. The molecule has 0 bridgehead atoms. The number of anilines is 1. The number of carbonyl (C=O) groups excluding carboxylic acids is 1. The SMILES string of the molecule is Cc1ccc(Br)c(N2CC(CS(=O)(=O)F)CC2=O)c1. The number of aryl methyl sites for hydroxylation is 1. The number of benzene rings is 1. The lowest BCUT2D eigenvalue weighted by molar-refractivity contribution is -0.117. The van der Waals surface area contributed by atoms with Crippen LogP contribution in [-0.2, 0) is 15.0 Å². The van der Waals surface area contributed by atoms with E-state index in [0.717, 1.165) is 10.0 Å². The average molecular weight is 350 g/mol. The van der Waals surface area contributed by atoms with Gasteiger partial charge < -0.3 is 4.90 Å². The van der Waals surface area contributed by atoms with Crippen LogP contribution in [0.5, 0.6) is 0 Å². The molecular formula is C12H13BrFNO3S. The van der Waals surface area contributed by atoms with Gasteiger partial charge >= 0.3 is 10.2 Å². The van der Waals surface area contributed by atoms with Gasteiger partial charge in [0.1, 0.15) is 0 Å². The molecule has 0 N–H and O–H groups in total. The van der Waals surface area contributed by atoms with Gasteiger partial charge in [0.2, 0.25) is 5.91 Å². The van der Waals surface area contributed by atoms with Gasteiger partial charge in [0.15, 0.2) is 0 Å². The van der Waals surface area contributed by atoms with Crippen molar-refractivity contribution in [1.29, 1.82) is 0 Å². The molecule has 4 nitrogen and oxygen atoms in total. The third kappa shape index (κ3) is 3.54. The predicted molar refractivity (Wildman–Crippen MR) is 74.2 cm³/mol. The number of nitrogens with zero attached hydrogens (tertiary/aromatic N) is 1. The fraction of sp³-hybridized carbons (Fsp3) is 0.417. The first kappa shape index (κ1) is 14.5. The van der Waals surface area contributed by atoms with Crippen LogP contribution >= 0.6 is 15.9 Å². The molecule has 1 aliphatic rings. The third-order valence-corrected chi connectivity index (χ3v) is 4.57. The smallest absolute Gasteiger partial charge is 0.302 e. The van der Waals surface area contributed by atoms with Crippen LogP contribution in [0.2, 0.25) is 0 Å². The molecule has 1 unspecified atom stereocenters. The average Bonchev–Trinajstić information content (AvgIpc) is 2.60. The van der Waals surface area contributed by atoms with E-state index < -0.39 is 21.9 Å². The van der Waals surface area contributed by atoms with Crippen molar-refractivity contribution in [2.24, 2.45) is 5.92 Å². The summed E-state index contributed by atoms with van der Waals surface area (Å²) >= 11 is 3.36. The molecule has 1 fully saturated rings. The second-order valence-corrected chi connectivity index (χ2v) is 7.00. The first-order valence-electron chi connectivity index (χ1n) is 5.75. The Labute approximate surface area is 119 Å². The van der Waals surface area contributed by atoms with Crippen LogP contribution in [0.4, 0.5) is 9.57 Å². The molecule has 1 amide bonds. The zero-order valence-electron chi connectivity index (χ0n) is 10.3. The summed E-state index contributed by atoms with van der Waals surface area (Å²) in [5.74, 6) is -1.27. The van der Waals surface area contributed by atoms with Crippen molar-refractivity contribution in [2.45, 2.75) is 13.3 Å². The van der Waals surface area contributed by atoms with Gasteiger partial charge in [-0.25, -0.2) is 0 Å². The molecule has 0 saturated carbocycles. The summed E-state index contributed by atoms with van der Waals surface area (Å²) in [7, 11) is -4.55. The van der Waals surface area contributed by atoms with Crippen LogP contribution in [0, 0.1) is 12.8 Å². The quantitative estimate of drug-likeness (QED) is 0.787. The highest BCUT2D eigenvalue weighted by molar-refractivity contribution is 9.10. The van der Waals surface area contributed by atoms with Gasteiger partial charge in [0.25, 0.3) is 0 Å². The van der Waals surface area contributed by atoms with Gasteiger partial charge in [0, 0.05) is 23.4 Å². The largest absolute Gasteiger partial charge is 0.311 e. The Morgan fingerprint density at radius 2 is 2.16 bits per heavy atom. The summed E-state index contributed by atoms with van der Waals surface area (Å²) in [6, 6.07) is 5.57. The molecule has 104 valence electrons. The van der Waals surface area contributed by atoms with Crippen molar-refractivity contribution in [3.63, 3.8) is 0 Å². The maximum absolute atomic E-state index is 12.7. The second-order valence-electron chi connectivity index (χ2n) is 4.73. The summed E-state index contributed by atoms with van der Waals surface area (Å²) in [5.41, 5.74) is 1.69. The zero-order chi connectivity index (χ0) is 14.2. The minimum absolute atomic E-state index is 0.0591. The standard InChI is InChI=1S/C12H13BrFNO3S/c1-8-2-3-10(13)11(4-8)15-6-9(5-12(15)16)7-19(14,17)18/h2-4,9H,5-7H2,1H3. The van der Waals surface area contributed by atoms with Crippen molar-refractivity contribution in [1.82, 2.24) is 0 Å². The highest BCUT2D eigenvalue weighted by Crippen LogP contribution is 2.32. The van der Waals surface area contributed by atoms with Crippen molar-refractivity contribution >= 4 is 37.7 Å². The summed E-state index contributed by atoms with van der Waals surface area (Å²) in [6.07, 6.45) is 0.0591. The summed E-state index contributed by atoms with van der Waals surface area (Å²) in [4.78, 5) is 13.4. The zero-order valence-corrected chi connectivity index (χ0v) is 12.7. The number of hydrogen-bond acceptors (Lipinski definition) is 3. The van der Waals surface area contributed by atoms with Crippen LogP contribution in [-0.4, -0.2) is 26.6 Å². The molecule has 1 aromatic rings. The number of hydrogen-bond donors (Lipinski definition) is 0. The van der Waals surface area contributed by atoms with Gasteiger partial charge in [-0.2, -0.15) is 8.42 Å². The van der Waals surface area contributed by atoms with Crippen LogP contribution in [0.25, 0.3) is 0 Å². The third-order valence-electron chi connectivity index (χ3n) is 3.03. The van der Waals surface area contributed by atoms with E-state index in [1.54, 1.807) is 0 Å². The molecule has 0 radical (unpaired) electrons. The fourth-order valence-corrected chi connectivity index (χ4v) is 3.48. The fourth-order valence-electron chi connectivity index (χ4n) is 2.24. The van der Waals surface area contributed by atoms with Gasteiger partial charge in [-0.3, -0.25) is 4.79 Å². The molecule has 1 heterocycles. The van der Waals surface area contributed by atoms with E-state index in [4.69, 9.17) is 0 Å². The molecular weight excluding hydrogens is 337 g/mol. The Bertz CT molecular complexity index is 617. The van der Waals surface area contributed by atoms with Crippen molar-refractivity contribution in [2.75, 3.05) is 17.2 Å². The van der Waals surface area contributed by atoms with Crippen LogP contribution in [0.3, 0.4) is 0 Å². The van der Waals surface area contributed by atoms with E-state index in [1.807, 2.05) is 25.1 Å². The number of rotatable bonds is 3. The lowest BCUT2D eigenvalue weighted by Crippen LogP contribution is -2.25. The van der Waals surface area contributed by atoms with E-state index in [9.17, 15) is 17.1 Å². The highest BCUT2D eigenvalue weighted by Gasteiger charge is 2.34. The maximum atomic E-state index is 12.7. The molecule has 0 spiro atoms. The molecule has 19 heavy (non-hydrogen) atoms. The molecule has 1 atom stereocenters. The van der Waals surface area contributed by atoms with Crippen LogP contribution < -0.4 is 4.90 Å². The van der Waals surface area contributed by atoms with Crippen LogP contribution in [0.15, 0.2) is 22.7 Å². The first-order valence-corrected chi connectivity index (χ1v) is 8.09. The topological polar surface area (TPSA) is 54.5 Å². The molecule has 2 rings (SSSR count). The maximum Gasteiger partial charge on any atom is 0.302 e. The second kappa shape index (κ2) is 5.20. The molecule has 0 aliphatic carbocycles. The minimum atomic E-state index is -4.55. The Morgan fingerprint density at radius 3 is 2.79 bits per heavy atom. The van der Waals surface area contributed by atoms with E-state index in [2.05, 4.69) is 15.9 Å². The van der Waals surface area contributed by atoms with E-state index >= 15 is 0 Å². The molecule has 1 aromatic carbocycles. The normalized spacial score (nSPS) is 20.1. The van der Waals surface area contributed by atoms with Gasteiger partial charge in [-0.05, 0) is 40.5 Å². The van der Waals surface area contributed by atoms with Gasteiger partial charge in [0.05, 0.1) is 11.4 Å². The highest BCUT2D eigenvalue weighted by atomic mass is 79.9. The Kier molecular flexibility index (Phi) is 3.96. The van der Waals surface area contributed by atoms with E-state index in [-0.39, 0.29) is 18.9 Å². The molecule has 7 heteroatoms. The van der Waals surface area contributed by atoms with Crippen molar-refractivity contribution in [3.05, 3.63) is 28.2 Å². The molecule has 1 aliphatic heterocycles.